The molecule has 3 nitrogen and oxygen atoms in total. The number of benzene rings is 1. The molecule has 0 amide bonds. The normalized spacial score (nSPS) is 24.7. The van der Waals surface area contributed by atoms with Crippen LogP contribution in [0.4, 0.5) is 5.69 Å². The summed E-state index contributed by atoms with van der Waals surface area (Å²) in [5.41, 5.74) is 2.34. The van der Waals surface area contributed by atoms with Gasteiger partial charge in [-0.3, -0.25) is 5.32 Å². The second-order valence-electron chi connectivity index (χ2n) is 4.19. The van der Waals surface area contributed by atoms with Gasteiger partial charge in [0.25, 0.3) is 0 Å². The predicted octanol–water partition coefficient (Wildman–Crippen LogP) is 1.98. The Bertz CT molecular complexity index is 339. The highest BCUT2D eigenvalue weighted by atomic mass is 35.5. The van der Waals surface area contributed by atoms with Crippen LogP contribution in [0.1, 0.15) is 11.8 Å². The van der Waals surface area contributed by atoms with Gasteiger partial charge in [-0.05, 0) is 17.7 Å². The number of ether oxygens (including phenoxy) is 1. The van der Waals surface area contributed by atoms with Crippen LogP contribution in [0.2, 0.25) is 0 Å². The fraction of sp³-hybridized carbons (Fsp3) is 0.500. The van der Waals surface area contributed by atoms with Gasteiger partial charge in [0.05, 0.1) is 6.10 Å². The van der Waals surface area contributed by atoms with E-state index in [0.29, 0.717) is 5.88 Å². The van der Waals surface area contributed by atoms with E-state index in [1.54, 1.807) is 0 Å². The van der Waals surface area contributed by atoms with Crippen LogP contribution in [-0.2, 0) is 4.74 Å². The van der Waals surface area contributed by atoms with E-state index < -0.39 is 0 Å². The van der Waals surface area contributed by atoms with Gasteiger partial charge in [-0.2, -0.15) is 0 Å². The van der Waals surface area contributed by atoms with Gasteiger partial charge in [-0.15, -0.1) is 11.6 Å². The smallest absolute Gasteiger partial charge is 0.134 e. The van der Waals surface area contributed by atoms with Gasteiger partial charge in [0.1, 0.15) is 6.23 Å². The third kappa shape index (κ3) is 2.48. The number of hydrogen-bond acceptors (Lipinski definition) is 3. The van der Waals surface area contributed by atoms with Crippen LogP contribution in [0, 0.1) is 0 Å². The fourth-order valence-electron chi connectivity index (χ4n) is 1.76. The van der Waals surface area contributed by atoms with E-state index in [9.17, 15) is 0 Å². The Morgan fingerprint density at radius 2 is 2.06 bits per heavy atom. The first-order valence-electron chi connectivity index (χ1n) is 5.43. The molecule has 16 heavy (non-hydrogen) atoms. The molecule has 2 rings (SSSR count). The Kier molecular flexibility index (Phi) is 3.69. The average Bonchev–Trinajstić information content (AvgIpc) is 2.77. The lowest BCUT2D eigenvalue weighted by atomic mass is 10.2. The van der Waals surface area contributed by atoms with Gasteiger partial charge in [-0.25, -0.2) is 0 Å². The van der Waals surface area contributed by atoms with Crippen molar-refractivity contribution in [2.45, 2.75) is 12.3 Å². The molecule has 1 unspecified atom stereocenters. The summed E-state index contributed by atoms with van der Waals surface area (Å²) in [5.74, 6) is 0.541. The van der Waals surface area contributed by atoms with Crippen molar-refractivity contribution in [1.29, 1.82) is 0 Å². The maximum absolute atomic E-state index is 5.76. The first-order chi connectivity index (χ1) is 7.70. The standard InChI is InChI=1S/C12H17ClN2O/c1-15(2)10-5-3-9(4-6-10)12-14-8-11(7-13)16-12/h3-6,11-12,14H,7-8H2,1-2H3/t11?,12-/m0/s1. The molecular weight excluding hydrogens is 224 g/mol. The van der Waals surface area contributed by atoms with E-state index in [4.69, 9.17) is 16.3 Å². The highest BCUT2D eigenvalue weighted by Crippen LogP contribution is 2.23. The number of nitrogens with zero attached hydrogens (tertiary/aromatic N) is 1. The van der Waals surface area contributed by atoms with Crippen LogP contribution in [0.5, 0.6) is 0 Å². The Labute approximate surface area is 101 Å². The van der Waals surface area contributed by atoms with Gasteiger partial charge in [0, 0.05) is 32.2 Å². The summed E-state index contributed by atoms with van der Waals surface area (Å²) in [6, 6.07) is 8.36. The van der Waals surface area contributed by atoms with Crippen molar-refractivity contribution in [1.82, 2.24) is 5.32 Å². The first kappa shape index (κ1) is 11.7. The van der Waals surface area contributed by atoms with Crippen LogP contribution in [-0.4, -0.2) is 32.6 Å². The predicted molar refractivity (Wildman–Crippen MR) is 67.1 cm³/mol. The lowest BCUT2D eigenvalue weighted by molar-refractivity contribution is 0.0528. The Balaban J connectivity index is 2.05. The van der Waals surface area contributed by atoms with Crippen LogP contribution in [0.25, 0.3) is 0 Å². The SMILES string of the molecule is CN(C)c1ccc([C@H]2NCC(CCl)O2)cc1. The van der Waals surface area contributed by atoms with E-state index in [1.165, 1.54) is 5.69 Å². The molecule has 0 aliphatic carbocycles. The molecule has 0 radical (unpaired) electrons. The van der Waals surface area contributed by atoms with Gasteiger partial charge in [0.2, 0.25) is 0 Å². The van der Waals surface area contributed by atoms with Gasteiger partial charge >= 0.3 is 0 Å². The number of nitrogens with one attached hydrogen (secondary N) is 1. The second kappa shape index (κ2) is 5.04. The van der Waals surface area contributed by atoms with Crippen molar-refractivity contribution in [3.8, 4) is 0 Å². The molecule has 0 aromatic heterocycles. The zero-order valence-electron chi connectivity index (χ0n) is 9.61. The Morgan fingerprint density at radius 1 is 1.38 bits per heavy atom. The van der Waals surface area contributed by atoms with Gasteiger partial charge < -0.3 is 9.64 Å². The molecule has 1 aromatic carbocycles. The molecule has 0 bridgehead atoms. The molecule has 1 fully saturated rings. The molecule has 1 N–H and O–H groups in total. The van der Waals surface area contributed by atoms with Crippen LogP contribution < -0.4 is 10.2 Å². The van der Waals surface area contributed by atoms with Crippen molar-refractivity contribution in [3.63, 3.8) is 0 Å². The minimum atomic E-state index is -0.0139. The summed E-state index contributed by atoms with van der Waals surface area (Å²) in [6.07, 6.45) is 0.111. The molecule has 1 aromatic rings. The molecule has 2 atom stereocenters. The van der Waals surface area contributed by atoms with Crippen molar-refractivity contribution < 1.29 is 4.74 Å². The maximum Gasteiger partial charge on any atom is 0.134 e. The van der Waals surface area contributed by atoms with E-state index in [-0.39, 0.29) is 12.3 Å². The molecule has 4 heteroatoms. The summed E-state index contributed by atoms with van der Waals surface area (Å²) in [7, 11) is 4.06. The zero-order valence-corrected chi connectivity index (χ0v) is 10.4. The highest BCUT2D eigenvalue weighted by molar-refractivity contribution is 6.18. The minimum absolute atomic E-state index is 0.0139. The first-order valence-corrected chi connectivity index (χ1v) is 5.96. The number of rotatable bonds is 3. The Morgan fingerprint density at radius 3 is 2.56 bits per heavy atom. The second-order valence-corrected chi connectivity index (χ2v) is 4.50. The average molecular weight is 241 g/mol. The fourth-order valence-corrected chi connectivity index (χ4v) is 1.94. The number of halogens is 1. The van der Waals surface area contributed by atoms with Crippen LogP contribution in [0.15, 0.2) is 24.3 Å². The van der Waals surface area contributed by atoms with E-state index in [1.807, 2.05) is 14.1 Å². The summed E-state index contributed by atoms with van der Waals surface area (Å²) in [6.45, 7) is 0.823. The number of hydrogen-bond donors (Lipinski definition) is 1. The van der Waals surface area contributed by atoms with Gasteiger partial charge in [0.15, 0.2) is 0 Å². The molecular formula is C12H17ClN2O. The van der Waals surface area contributed by atoms with Crippen molar-refractivity contribution in [2.75, 3.05) is 31.4 Å². The van der Waals surface area contributed by atoms with E-state index in [0.717, 1.165) is 12.1 Å². The Hall–Kier alpha value is -0.770. The van der Waals surface area contributed by atoms with Crippen molar-refractivity contribution in [3.05, 3.63) is 29.8 Å². The molecule has 1 saturated heterocycles. The van der Waals surface area contributed by atoms with Gasteiger partial charge in [-0.1, -0.05) is 12.1 Å². The third-order valence-corrected chi connectivity index (χ3v) is 3.09. The zero-order chi connectivity index (χ0) is 11.5. The van der Waals surface area contributed by atoms with Crippen molar-refractivity contribution in [2.24, 2.45) is 0 Å². The van der Waals surface area contributed by atoms with Crippen LogP contribution >= 0.6 is 11.6 Å². The topological polar surface area (TPSA) is 24.5 Å². The van der Waals surface area contributed by atoms with E-state index in [2.05, 4.69) is 34.5 Å². The molecule has 0 spiro atoms. The summed E-state index contributed by atoms with van der Waals surface area (Å²) < 4.78 is 5.74. The summed E-state index contributed by atoms with van der Waals surface area (Å²) in [4.78, 5) is 2.08. The minimum Gasteiger partial charge on any atom is -0.378 e. The summed E-state index contributed by atoms with van der Waals surface area (Å²) >= 11 is 5.76. The molecule has 1 aliphatic heterocycles. The number of alkyl halides is 1. The van der Waals surface area contributed by atoms with Crippen LogP contribution in [0.3, 0.4) is 0 Å². The summed E-state index contributed by atoms with van der Waals surface area (Å²) in [5, 5.41) is 3.30. The third-order valence-electron chi connectivity index (χ3n) is 2.74. The largest absolute Gasteiger partial charge is 0.378 e. The molecule has 1 aliphatic rings. The van der Waals surface area contributed by atoms with Crippen molar-refractivity contribution >= 4 is 17.3 Å². The lowest BCUT2D eigenvalue weighted by Crippen LogP contribution is -2.16. The highest BCUT2D eigenvalue weighted by Gasteiger charge is 2.24. The molecule has 1 heterocycles. The molecule has 0 saturated carbocycles. The quantitative estimate of drug-likeness (QED) is 0.818. The monoisotopic (exact) mass is 240 g/mol. The lowest BCUT2D eigenvalue weighted by Gasteiger charge is -2.15. The van der Waals surface area contributed by atoms with E-state index >= 15 is 0 Å². The maximum atomic E-state index is 5.76. The number of anilines is 1. The molecule has 88 valence electrons.